The summed E-state index contributed by atoms with van der Waals surface area (Å²) in [6.07, 6.45) is 0. The lowest BCUT2D eigenvalue weighted by atomic mass is 9.97. The molecule has 1 heterocycles. The van der Waals surface area contributed by atoms with Crippen molar-refractivity contribution in [2.75, 3.05) is 6.61 Å². The van der Waals surface area contributed by atoms with E-state index in [0.29, 0.717) is 5.56 Å². The van der Waals surface area contributed by atoms with Crippen LogP contribution in [0.25, 0.3) is 10.9 Å². The fraction of sp³-hybridized carbons (Fsp3) is 0.286. The molecule has 1 aromatic heterocycles. The highest BCUT2D eigenvalue weighted by molar-refractivity contribution is 6.01. The Balaban J connectivity index is 2.65. The van der Waals surface area contributed by atoms with Crippen LogP contribution in [-0.2, 0) is 9.53 Å². The summed E-state index contributed by atoms with van der Waals surface area (Å²) >= 11 is 0. The van der Waals surface area contributed by atoms with E-state index in [9.17, 15) is 14.7 Å². The normalized spacial score (nSPS) is 12.3. The maximum Gasteiger partial charge on any atom is 0.355 e. The summed E-state index contributed by atoms with van der Waals surface area (Å²) in [5.41, 5.74) is 1.42. The zero-order valence-corrected chi connectivity index (χ0v) is 10.8. The van der Waals surface area contributed by atoms with Gasteiger partial charge in [0.25, 0.3) is 0 Å². The zero-order valence-electron chi connectivity index (χ0n) is 10.8. The number of benzene rings is 1. The number of esters is 1. The van der Waals surface area contributed by atoms with E-state index in [2.05, 4.69) is 4.98 Å². The SMILES string of the molecule is CCOC(=O)c1[nH]c2ccccc2c1C(C)C(=O)O. The number of carboxylic acid groups (broad SMARTS) is 1. The van der Waals surface area contributed by atoms with E-state index in [4.69, 9.17) is 4.74 Å². The van der Waals surface area contributed by atoms with Gasteiger partial charge in [-0.15, -0.1) is 0 Å². The van der Waals surface area contributed by atoms with Gasteiger partial charge in [0.15, 0.2) is 0 Å². The summed E-state index contributed by atoms with van der Waals surface area (Å²) in [7, 11) is 0. The number of rotatable bonds is 4. The van der Waals surface area contributed by atoms with Gasteiger partial charge in [0.1, 0.15) is 5.69 Å². The molecule has 2 aromatic rings. The molecule has 0 aliphatic heterocycles. The number of aromatic nitrogens is 1. The van der Waals surface area contributed by atoms with Crippen molar-refractivity contribution in [2.45, 2.75) is 19.8 Å². The van der Waals surface area contributed by atoms with Crippen LogP contribution < -0.4 is 0 Å². The first-order chi connectivity index (χ1) is 9.06. The highest BCUT2D eigenvalue weighted by atomic mass is 16.5. The Morgan fingerprint density at radius 3 is 2.68 bits per heavy atom. The third-order valence-corrected chi connectivity index (χ3v) is 3.03. The van der Waals surface area contributed by atoms with Crippen LogP contribution in [0.15, 0.2) is 24.3 Å². The van der Waals surface area contributed by atoms with E-state index >= 15 is 0 Å². The number of nitrogens with one attached hydrogen (secondary N) is 1. The van der Waals surface area contributed by atoms with Crippen LogP contribution in [0.3, 0.4) is 0 Å². The van der Waals surface area contributed by atoms with E-state index in [1.54, 1.807) is 26.0 Å². The summed E-state index contributed by atoms with van der Waals surface area (Å²) in [5, 5.41) is 9.92. The van der Waals surface area contributed by atoms with Crippen LogP contribution in [0.1, 0.15) is 35.8 Å². The van der Waals surface area contributed by atoms with E-state index in [0.717, 1.165) is 10.9 Å². The van der Waals surface area contributed by atoms with Crippen molar-refractivity contribution in [1.29, 1.82) is 0 Å². The number of hydrogen-bond donors (Lipinski definition) is 2. The number of carbonyl (C=O) groups is 2. The molecule has 0 aliphatic rings. The van der Waals surface area contributed by atoms with Crippen molar-refractivity contribution in [1.82, 2.24) is 4.98 Å². The monoisotopic (exact) mass is 261 g/mol. The number of ether oxygens (including phenoxy) is 1. The van der Waals surface area contributed by atoms with Gasteiger partial charge in [0.2, 0.25) is 0 Å². The molecule has 1 atom stereocenters. The third-order valence-electron chi connectivity index (χ3n) is 3.03. The largest absolute Gasteiger partial charge is 0.481 e. The van der Waals surface area contributed by atoms with Gasteiger partial charge in [-0.25, -0.2) is 4.79 Å². The first kappa shape index (κ1) is 13.1. The van der Waals surface area contributed by atoms with E-state index in [1.165, 1.54) is 0 Å². The summed E-state index contributed by atoms with van der Waals surface area (Å²) in [5.74, 6) is -2.28. The Morgan fingerprint density at radius 2 is 2.05 bits per heavy atom. The molecule has 100 valence electrons. The molecule has 5 heteroatoms. The number of aliphatic carboxylic acids is 1. The molecule has 0 radical (unpaired) electrons. The number of fused-ring (bicyclic) bond motifs is 1. The standard InChI is InChI=1S/C14H15NO4/c1-3-19-14(18)12-11(8(2)13(16)17)9-6-4-5-7-10(9)15-12/h4-8,15H,3H2,1-2H3,(H,16,17). The number of carboxylic acids is 1. The Hall–Kier alpha value is -2.30. The lowest BCUT2D eigenvalue weighted by molar-refractivity contribution is -0.138. The second-order valence-corrected chi connectivity index (χ2v) is 4.24. The summed E-state index contributed by atoms with van der Waals surface area (Å²) in [4.78, 5) is 26.1. The molecule has 19 heavy (non-hydrogen) atoms. The first-order valence-corrected chi connectivity index (χ1v) is 6.06. The number of para-hydroxylation sites is 1. The van der Waals surface area contributed by atoms with Crippen molar-refractivity contribution in [3.8, 4) is 0 Å². The van der Waals surface area contributed by atoms with Crippen molar-refractivity contribution < 1.29 is 19.4 Å². The maximum absolute atomic E-state index is 11.9. The van der Waals surface area contributed by atoms with Gasteiger partial charge in [-0.2, -0.15) is 0 Å². The Morgan fingerprint density at radius 1 is 1.37 bits per heavy atom. The lowest BCUT2D eigenvalue weighted by Gasteiger charge is -2.08. The van der Waals surface area contributed by atoms with E-state index in [1.807, 2.05) is 12.1 Å². The molecule has 0 aliphatic carbocycles. The summed E-state index contributed by atoms with van der Waals surface area (Å²) in [6, 6.07) is 7.23. The van der Waals surface area contributed by atoms with Crippen LogP contribution in [-0.4, -0.2) is 28.6 Å². The number of hydrogen-bond acceptors (Lipinski definition) is 3. The van der Waals surface area contributed by atoms with Crippen LogP contribution in [0.2, 0.25) is 0 Å². The quantitative estimate of drug-likeness (QED) is 0.829. The molecular formula is C14H15NO4. The second kappa shape index (κ2) is 5.14. The van der Waals surface area contributed by atoms with Crippen molar-refractivity contribution >= 4 is 22.8 Å². The minimum absolute atomic E-state index is 0.220. The molecule has 0 saturated heterocycles. The minimum Gasteiger partial charge on any atom is -0.481 e. The van der Waals surface area contributed by atoms with Gasteiger partial charge in [0, 0.05) is 16.5 Å². The molecule has 0 fully saturated rings. The molecule has 0 bridgehead atoms. The maximum atomic E-state index is 11.9. The van der Waals surface area contributed by atoms with Crippen molar-refractivity contribution in [3.63, 3.8) is 0 Å². The minimum atomic E-state index is -0.977. The molecule has 0 spiro atoms. The molecule has 1 aromatic carbocycles. The topological polar surface area (TPSA) is 79.4 Å². The van der Waals surface area contributed by atoms with Crippen molar-refractivity contribution in [2.24, 2.45) is 0 Å². The Bertz CT molecular complexity index is 629. The number of aromatic amines is 1. The van der Waals surface area contributed by atoms with Gasteiger partial charge >= 0.3 is 11.9 Å². The first-order valence-electron chi connectivity index (χ1n) is 6.06. The fourth-order valence-electron chi connectivity index (χ4n) is 2.10. The molecule has 1 unspecified atom stereocenters. The van der Waals surface area contributed by atoms with Gasteiger partial charge in [0.05, 0.1) is 12.5 Å². The highest BCUT2D eigenvalue weighted by Crippen LogP contribution is 2.30. The fourth-order valence-corrected chi connectivity index (χ4v) is 2.10. The molecule has 0 amide bonds. The second-order valence-electron chi connectivity index (χ2n) is 4.24. The third kappa shape index (κ3) is 2.31. The molecular weight excluding hydrogens is 246 g/mol. The van der Waals surface area contributed by atoms with Gasteiger partial charge in [-0.3, -0.25) is 4.79 Å². The average Bonchev–Trinajstić information content (AvgIpc) is 2.77. The van der Waals surface area contributed by atoms with E-state index < -0.39 is 17.9 Å². The molecule has 5 nitrogen and oxygen atoms in total. The average molecular weight is 261 g/mol. The van der Waals surface area contributed by atoms with Gasteiger partial charge in [-0.1, -0.05) is 18.2 Å². The number of carbonyl (C=O) groups excluding carboxylic acids is 1. The molecule has 2 N–H and O–H groups in total. The Kier molecular flexibility index (Phi) is 3.55. The lowest BCUT2D eigenvalue weighted by Crippen LogP contribution is -2.14. The predicted octanol–water partition coefficient (Wildman–Crippen LogP) is 2.53. The summed E-state index contributed by atoms with van der Waals surface area (Å²) < 4.78 is 4.96. The van der Waals surface area contributed by atoms with E-state index in [-0.39, 0.29) is 12.3 Å². The highest BCUT2D eigenvalue weighted by Gasteiger charge is 2.26. The van der Waals surface area contributed by atoms with Crippen molar-refractivity contribution in [3.05, 3.63) is 35.5 Å². The Labute approximate surface area is 110 Å². The zero-order chi connectivity index (χ0) is 14.0. The van der Waals surface area contributed by atoms with Crippen LogP contribution in [0.4, 0.5) is 0 Å². The van der Waals surface area contributed by atoms with Gasteiger partial charge < -0.3 is 14.8 Å². The number of H-pyrrole nitrogens is 1. The molecule has 0 saturated carbocycles. The van der Waals surface area contributed by atoms with Crippen LogP contribution in [0.5, 0.6) is 0 Å². The molecule has 2 rings (SSSR count). The van der Waals surface area contributed by atoms with Crippen LogP contribution >= 0.6 is 0 Å². The van der Waals surface area contributed by atoms with Gasteiger partial charge in [-0.05, 0) is 19.9 Å². The van der Waals surface area contributed by atoms with Crippen LogP contribution in [0, 0.1) is 0 Å². The predicted molar refractivity (Wildman–Crippen MR) is 70.3 cm³/mol. The smallest absolute Gasteiger partial charge is 0.355 e. The summed E-state index contributed by atoms with van der Waals surface area (Å²) in [6.45, 7) is 3.51.